The number of anilines is 1. The van der Waals surface area contributed by atoms with E-state index in [9.17, 15) is 13.2 Å². The lowest BCUT2D eigenvalue weighted by Gasteiger charge is -2.09. The van der Waals surface area contributed by atoms with Gasteiger partial charge in [-0.3, -0.25) is 4.72 Å². The molecule has 3 N–H and O–H groups in total. The van der Waals surface area contributed by atoms with Crippen molar-refractivity contribution in [2.24, 2.45) is 0 Å². The average Bonchev–Trinajstić information content (AvgIpc) is 3.10. The molecule has 0 bridgehead atoms. The number of H-pyrrole nitrogens is 2. The van der Waals surface area contributed by atoms with Crippen LogP contribution in [0, 0.1) is 0 Å². The summed E-state index contributed by atoms with van der Waals surface area (Å²) >= 11 is 0. The highest BCUT2D eigenvalue weighted by molar-refractivity contribution is 7.92. The minimum absolute atomic E-state index is 0.265. The highest BCUT2D eigenvalue weighted by Gasteiger charge is 2.18. The molecule has 0 unspecified atom stereocenters. The summed E-state index contributed by atoms with van der Waals surface area (Å²) in [6.45, 7) is 0. The normalized spacial score (nSPS) is 14.1. The van der Waals surface area contributed by atoms with E-state index in [1.807, 2.05) is 6.07 Å². The van der Waals surface area contributed by atoms with Crippen LogP contribution in [-0.4, -0.2) is 18.4 Å². The summed E-state index contributed by atoms with van der Waals surface area (Å²) in [5.74, 6) is 0. The van der Waals surface area contributed by atoms with Crippen LogP contribution in [0.4, 0.5) is 5.69 Å². The van der Waals surface area contributed by atoms with Crippen molar-refractivity contribution in [2.75, 3.05) is 4.72 Å². The molecule has 0 aliphatic heterocycles. The summed E-state index contributed by atoms with van der Waals surface area (Å²) in [6, 6.07) is 10.2. The molecule has 6 nitrogen and oxygen atoms in total. The minimum atomic E-state index is -3.65. The monoisotopic (exact) mass is 329 g/mol. The van der Waals surface area contributed by atoms with Crippen molar-refractivity contribution >= 4 is 26.7 Å². The molecule has 4 rings (SSSR count). The number of hydrogen-bond acceptors (Lipinski definition) is 3. The topological polar surface area (TPSA) is 94.8 Å². The van der Waals surface area contributed by atoms with Crippen molar-refractivity contribution in [2.45, 2.75) is 24.2 Å². The Kier molecular flexibility index (Phi) is 3.05. The Bertz CT molecular complexity index is 1060. The molecule has 3 aromatic rings. The van der Waals surface area contributed by atoms with Crippen molar-refractivity contribution in [1.29, 1.82) is 0 Å². The fourth-order valence-electron chi connectivity index (χ4n) is 3.03. The maximum absolute atomic E-state index is 12.6. The molecule has 1 heterocycles. The minimum Gasteiger partial charge on any atom is -0.306 e. The molecule has 0 spiro atoms. The summed E-state index contributed by atoms with van der Waals surface area (Å²) in [5, 5.41) is 0. The molecular weight excluding hydrogens is 314 g/mol. The van der Waals surface area contributed by atoms with Crippen molar-refractivity contribution in [1.82, 2.24) is 9.97 Å². The zero-order valence-electron chi connectivity index (χ0n) is 12.2. The zero-order chi connectivity index (χ0) is 16.0. The second-order valence-corrected chi connectivity index (χ2v) is 7.41. The number of nitrogens with one attached hydrogen (secondary N) is 3. The van der Waals surface area contributed by atoms with Gasteiger partial charge in [0.15, 0.2) is 0 Å². The van der Waals surface area contributed by atoms with E-state index in [0.717, 1.165) is 24.8 Å². The van der Waals surface area contributed by atoms with Gasteiger partial charge in [0.25, 0.3) is 10.0 Å². The van der Waals surface area contributed by atoms with E-state index >= 15 is 0 Å². The highest BCUT2D eigenvalue weighted by atomic mass is 32.2. The molecule has 23 heavy (non-hydrogen) atoms. The lowest BCUT2D eigenvalue weighted by Crippen LogP contribution is -2.13. The van der Waals surface area contributed by atoms with Gasteiger partial charge in [0.1, 0.15) is 0 Å². The van der Waals surface area contributed by atoms with Crippen LogP contribution >= 0.6 is 0 Å². The Morgan fingerprint density at radius 1 is 0.913 bits per heavy atom. The van der Waals surface area contributed by atoms with Crippen molar-refractivity contribution < 1.29 is 8.42 Å². The van der Waals surface area contributed by atoms with Crippen LogP contribution in [0.25, 0.3) is 11.0 Å². The zero-order valence-corrected chi connectivity index (χ0v) is 13.0. The lowest BCUT2D eigenvalue weighted by atomic mass is 10.1. The molecule has 7 heteroatoms. The molecule has 118 valence electrons. The highest BCUT2D eigenvalue weighted by Crippen LogP contribution is 2.26. The molecule has 2 aromatic carbocycles. The Hall–Kier alpha value is -2.54. The molecule has 0 fully saturated rings. The van der Waals surface area contributed by atoms with Crippen molar-refractivity contribution in [3.05, 3.63) is 58.0 Å². The number of sulfonamides is 1. The summed E-state index contributed by atoms with van der Waals surface area (Å²) in [7, 11) is -3.65. The van der Waals surface area contributed by atoms with Crippen LogP contribution < -0.4 is 10.4 Å². The Labute approximate surface area is 132 Å². The fraction of sp³-hybridized carbons (Fsp3) is 0.188. The first-order valence-electron chi connectivity index (χ1n) is 7.38. The van der Waals surface area contributed by atoms with E-state index in [2.05, 4.69) is 14.7 Å². The number of aryl methyl sites for hydroxylation is 2. The number of fused-ring (bicyclic) bond motifs is 2. The average molecular weight is 329 g/mol. The van der Waals surface area contributed by atoms with E-state index in [0.29, 0.717) is 16.7 Å². The smallest absolute Gasteiger partial charge is 0.306 e. The van der Waals surface area contributed by atoms with E-state index in [1.165, 1.54) is 5.56 Å². The quantitative estimate of drug-likeness (QED) is 0.687. The van der Waals surface area contributed by atoms with Crippen LogP contribution in [0.3, 0.4) is 0 Å². The Morgan fingerprint density at radius 2 is 1.70 bits per heavy atom. The molecule has 1 aromatic heterocycles. The molecule has 0 saturated carbocycles. The summed E-state index contributed by atoms with van der Waals surface area (Å²) in [6.07, 6.45) is 3.01. The van der Waals surface area contributed by atoms with Crippen LogP contribution in [-0.2, 0) is 22.9 Å². The van der Waals surface area contributed by atoms with E-state index in [4.69, 9.17) is 0 Å². The second-order valence-electron chi connectivity index (χ2n) is 5.73. The number of rotatable bonds is 3. The standard InChI is InChI=1S/C16H15N3O3S/c20-16-17-14-7-5-12(9-15(14)18-16)19-23(21,22)13-6-4-10-2-1-3-11(10)8-13/h4-9,19H,1-3H2,(H2,17,18,20). The van der Waals surface area contributed by atoms with Crippen LogP contribution in [0.1, 0.15) is 17.5 Å². The predicted molar refractivity (Wildman–Crippen MR) is 88.2 cm³/mol. The van der Waals surface area contributed by atoms with Crippen LogP contribution in [0.15, 0.2) is 46.1 Å². The van der Waals surface area contributed by atoms with Gasteiger partial charge in [-0.1, -0.05) is 6.07 Å². The molecule has 0 radical (unpaired) electrons. The van der Waals surface area contributed by atoms with Gasteiger partial charge in [-0.25, -0.2) is 13.2 Å². The third-order valence-corrected chi connectivity index (χ3v) is 5.53. The Balaban J connectivity index is 1.69. The van der Waals surface area contributed by atoms with Crippen LogP contribution in [0.5, 0.6) is 0 Å². The predicted octanol–water partition coefficient (Wildman–Crippen LogP) is 2.15. The van der Waals surface area contributed by atoms with Gasteiger partial charge in [0, 0.05) is 0 Å². The fourth-order valence-corrected chi connectivity index (χ4v) is 4.13. The first-order valence-corrected chi connectivity index (χ1v) is 8.86. The number of aromatic nitrogens is 2. The van der Waals surface area contributed by atoms with Crippen LogP contribution in [0.2, 0.25) is 0 Å². The first kappa shape index (κ1) is 14.1. The third kappa shape index (κ3) is 2.53. The van der Waals surface area contributed by atoms with Gasteiger partial charge < -0.3 is 9.97 Å². The maximum Gasteiger partial charge on any atom is 0.323 e. The van der Waals surface area contributed by atoms with Gasteiger partial charge in [0.2, 0.25) is 0 Å². The van der Waals surface area contributed by atoms with Crippen molar-refractivity contribution in [3.63, 3.8) is 0 Å². The van der Waals surface area contributed by atoms with Gasteiger partial charge in [0.05, 0.1) is 21.6 Å². The first-order chi connectivity index (χ1) is 11.0. The van der Waals surface area contributed by atoms with Gasteiger partial charge in [-0.2, -0.15) is 0 Å². The number of aromatic amines is 2. The van der Waals surface area contributed by atoms with Gasteiger partial charge in [-0.15, -0.1) is 0 Å². The lowest BCUT2D eigenvalue weighted by molar-refractivity contribution is 0.601. The number of hydrogen-bond donors (Lipinski definition) is 3. The third-order valence-electron chi connectivity index (χ3n) is 4.15. The van der Waals surface area contributed by atoms with Gasteiger partial charge >= 0.3 is 5.69 Å². The molecule has 0 saturated heterocycles. The summed E-state index contributed by atoms with van der Waals surface area (Å²) in [5.41, 5.74) is 3.63. The second kappa shape index (κ2) is 4.99. The summed E-state index contributed by atoms with van der Waals surface area (Å²) in [4.78, 5) is 16.8. The van der Waals surface area contributed by atoms with E-state index < -0.39 is 10.0 Å². The SMILES string of the molecule is O=c1[nH]c2ccc(NS(=O)(=O)c3ccc4c(c3)CCC4)cc2[nH]1. The summed E-state index contributed by atoms with van der Waals surface area (Å²) < 4.78 is 27.7. The molecular formula is C16H15N3O3S. The van der Waals surface area contributed by atoms with Crippen molar-refractivity contribution in [3.8, 4) is 0 Å². The number of imidazole rings is 1. The Morgan fingerprint density at radius 3 is 2.57 bits per heavy atom. The van der Waals surface area contributed by atoms with E-state index in [1.54, 1.807) is 30.3 Å². The largest absolute Gasteiger partial charge is 0.323 e. The molecule has 0 atom stereocenters. The molecule has 1 aliphatic carbocycles. The van der Waals surface area contributed by atoms with E-state index in [-0.39, 0.29) is 10.6 Å². The molecule has 1 aliphatic rings. The maximum atomic E-state index is 12.6. The number of benzene rings is 2. The molecule has 0 amide bonds. The van der Waals surface area contributed by atoms with Gasteiger partial charge in [-0.05, 0) is 60.7 Å².